The molecule has 0 radical (unpaired) electrons. The van der Waals surface area contributed by atoms with Crippen LogP contribution in [-0.4, -0.2) is 29.5 Å². The van der Waals surface area contributed by atoms with Crippen LogP contribution in [0.4, 0.5) is 11.4 Å². The molecule has 0 heterocycles. The minimum Gasteiger partial charge on any atom is -0.463 e. The van der Waals surface area contributed by atoms with Crippen molar-refractivity contribution in [2.24, 2.45) is 0 Å². The molecule has 2 amide bonds. The lowest BCUT2D eigenvalue weighted by Crippen LogP contribution is -2.33. The number of rotatable bonds is 7. The number of carbonyl (C=O) groups excluding carboxylic acids is 3. The number of hydrogen-bond acceptors (Lipinski definition) is 5. The van der Waals surface area contributed by atoms with E-state index in [1.165, 1.54) is 0 Å². The molecule has 3 N–H and O–H groups in total. The Labute approximate surface area is 151 Å². The maximum atomic E-state index is 11.6. The molecule has 134 valence electrons. The Morgan fingerprint density at radius 1 is 1.12 bits per heavy atom. The molecule has 0 fully saturated rings. The fourth-order valence-electron chi connectivity index (χ4n) is 1.78. The summed E-state index contributed by atoms with van der Waals surface area (Å²) in [6.45, 7) is 3.83. The lowest BCUT2D eigenvalue weighted by Gasteiger charge is -2.10. The molecule has 0 atom stereocenters. The van der Waals surface area contributed by atoms with E-state index in [9.17, 15) is 14.4 Å². The quantitative estimate of drug-likeness (QED) is 0.391. The summed E-state index contributed by atoms with van der Waals surface area (Å²) < 4.78 is 4.67. The van der Waals surface area contributed by atoms with Crippen molar-refractivity contribution < 1.29 is 19.1 Å². The van der Waals surface area contributed by atoms with Gasteiger partial charge in [0, 0.05) is 29.9 Å². The highest BCUT2D eigenvalue weighted by Gasteiger charge is 2.05. The number of benzene rings is 1. The highest BCUT2D eigenvalue weighted by atomic mass is 32.1. The lowest BCUT2D eigenvalue weighted by atomic mass is 10.2. The number of carbonyl (C=O) groups is 3. The summed E-state index contributed by atoms with van der Waals surface area (Å²) in [5.74, 6) is -1.23. The maximum absolute atomic E-state index is 11.6. The van der Waals surface area contributed by atoms with Crippen molar-refractivity contribution in [3.05, 3.63) is 36.4 Å². The molecule has 0 saturated heterocycles. The number of ether oxygens (including phenoxy) is 1. The topological polar surface area (TPSA) is 96.5 Å². The number of esters is 1. The van der Waals surface area contributed by atoms with Crippen LogP contribution in [0.3, 0.4) is 0 Å². The zero-order chi connectivity index (χ0) is 18.7. The van der Waals surface area contributed by atoms with Gasteiger partial charge >= 0.3 is 5.97 Å². The van der Waals surface area contributed by atoms with Crippen molar-refractivity contribution in [2.45, 2.75) is 26.7 Å². The van der Waals surface area contributed by atoms with E-state index in [0.29, 0.717) is 17.8 Å². The summed E-state index contributed by atoms with van der Waals surface area (Å²) in [5, 5.41) is 8.07. The second-order valence-corrected chi connectivity index (χ2v) is 5.32. The maximum Gasteiger partial charge on any atom is 0.330 e. The van der Waals surface area contributed by atoms with Gasteiger partial charge in [0.2, 0.25) is 11.8 Å². The first-order chi connectivity index (χ1) is 11.9. The van der Waals surface area contributed by atoms with Gasteiger partial charge in [0.1, 0.15) is 0 Å². The number of nitrogens with one attached hydrogen (secondary N) is 3. The standard InChI is InChI=1S/C17H21N3O4S/c1-3-6-14(21)18-12-7-5-8-13(11-12)19-17(25)20-15(22)9-10-16(23)24-4-2/h5,7-11H,3-4,6H2,1-2H3,(H,18,21)(H2,19,20,22,25)/b10-9+. The fraction of sp³-hybridized carbons (Fsp3) is 0.294. The summed E-state index contributed by atoms with van der Waals surface area (Å²) in [6, 6.07) is 6.93. The molecule has 0 saturated carbocycles. The van der Waals surface area contributed by atoms with E-state index in [1.807, 2.05) is 6.92 Å². The minimum absolute atomic E-state index is 0.0653. The second kappa shape index (κ2) is 10.9. The van der Waals surface area contributed by atoms with Crippen molar-refractivity contribution in [1.82, 2.24) is 5.32 Å². The average molecular weight is 363 g/mol. The lowest BCUT2D eigenvalue weighted by molar-refractivity contribution is -0.137. The Hall–Kier alpha value is -2.74. The van der Waals surface area contributed by atoms with Crippen molar-refractivity contribution in [1.29, 1.82) is 0 Å². The second-order valence-electron chi connectivity index (χ2n) is 4.91. The van der Waals surface area contributed by atoms with Gasteiger partial charge in [-0.05, 0) is 43.8 Å². The third-order valence-corrected chi connectivity index (χ3v) is 2.98. The van der Waals surface area contributed by atoms with Gasteiger partial charge in [-0.25, -0.2) is 4.79 Å². The smallest absolute Gasteiger partial charge is 0.330 e. The van der Waals surface area contributed by atoms with Gasteiger partial charge in [0.05, 0.1) is 6.61 Å². The molecule has 0 aliphatic rings. The van der Waals surface area contributed by atoms with Gasteiger partial charge in [0.25, 0.3) is 0 Å². The van der Waals surface area contributed by atoms with Crippen LogP contribution in [0.2, 0.25) is 0 Å². The van der Waals surface area contributed by atoms with Crippen molar-refractivity contribution in [3.8, 4) is 0 Å². The van der Waals surface area contributed by atoms with Gasteiger partial charge in [-0.15, -0.1) is 0 Å². The van der Waals surface area contributed by atoms with Crippen LogP contribution in [-0.2, 0) is 19.1 Å². The van der Waals surface area contributed by atoms with Gasteiger partial charge in [-0.2, -0.15) is 0 Å². The Morgan fingerprint density at radius 3 is 2.44 bits per heavy atom. The van der Waals surface area contributed by atoms with Gasteiger partial charge < -0.3 is 15.4 Å². The molecule has 0 spiro atoms. The zero-order valence-electron chi connectivity index (χ0n) is 14.1. The number of amides is 2. The largest absolute Gasteiger partial charge is 0.463 e. The summed E-state index contributed by atoms with van der Waals surface area (Å²) in [4.78, 5) is 34.4. The van der Waals surface area contributed by atoms with E-state index in [1.54, 1.807) is 31.2 Å². The summed E-state index contributed by atoms with van der Waals surface area (Å²) >= 11 is 5.04. The molecule has 8 heteroatoms. The summed E-state index contributed by atoms with van der Waals surface area (Å²) in [6.07, 6.45) is 3.26. The van der Waals surface area contributed by atoms with Crippen LogP contribution in [0.5, 0.6) is 0 Å². The fourth-order valence-corrected chi connectivity index (χ4v) is 1.99. The Bertz CT molecular complexity index is 674. The SMILES string of the molecule is CCCC(=O)Nc1cccc(NC(=S)NC(=O)/C=C/C(=O)OCC)c1. The van der Waals surface area contributed by atoms with E-state index in [4.69, 9.17) is 12.2 Å². The summed E-state index contributed by atoms with van der Waals surface area (Å²) in [5.41, 5.74) is 1.23. The van der Waals surface area contributed by atoms with E-state index >= 15 is 0 Å². The van der Waals surface area contributed by atoms with E-state index in [0.717, 1.165) is 18.6 Å². The van der Waals surface area contributed by atoms with Crippen molar-refractivity contribution in [2.75, 3.05) is 17.2 Å². The highest BCUT2D eigenvalue weighted by Crippen LogP contribution is 2.15. The first kappa shape index (κ1) is 20.3. The third kappa shape index (κ3) is 8.61. The Morgan fingerprint density at radius 2 is 1.80 bits per heavy atom. The number of thiocarbonyl (C=S) groups is 1. The Balaban J connectivity index is 2.55. The monoisotopic (exact) mass is 363 g/mol. The Kier molecular flexibility index (Phi) is 8.87. The third-order valence-electron chi connectivity index (χ3n) is 2.78. The predicted octanol–water partition coefficient (Wildman–Crippen LogP) is 2.36. The highest BCUT2D eigenvalue weighted by molar-refractivity contribution is 7.80. The predicted molar refractivity (Wildman–Crippen MR) is 100 cm³/mol. The molecule has 0 bridgehead atoms. The van der Waals surface area contributed by atoms with Crippen LogP contribution >= 0.6 is 12.2 Å². The van der Waals surface area contributed by atoms with Gasteiger partial charge in [0.15, 0.2) is 5.11 Å². The van der Waals surface area contributed by atoms with E-state index < -0.39 is 11.9 Å². The molecule has 7 nitrogen and oxygen atoms in total. The van der Waals surface area contributed by atoms with Crippen LogP contribution in [0, 0.1) is 0 Å². The van der Waals surface area contributed by atoms with Crippen molar-refractivity contribution in [3.63, 3.8) is 0 Å². The molecule has 25 heavy (non-hydrogen) atoms. The molecular formula is C17H21N3O4S. The molecule has 1 aromatic carbocycles. The minimum atomic E-state index is -0.605. The molecule has 0 aliphatic carbocycles. The normalized spacial score (nSPS) is 10.2. The number of anilines is 2. The average Bonchev–Trinajstić information content (AvgIpc) is 2.53. The first-order valence-electron chi connectivity index (χ1n) is 7.81. The molecular weight excluding hydrogens is 342 g/mol. The molecule has 1 rings (SSSR count). The van der Waals surface area contributed by atoms with Crippen LogP contribution < -0.4 is 16.0 Å². The van der Waals surface area contributed by atoms with Gasteiger partial charge in [-0.3, -0.25) is 14.9 Å². The van der Waals surface area contributed by atoms with Crippen LogP contribution in [0.1, 0.15) is 26.7 Å². The van der Waals surface area contributed by atoms with Gasteiger partial charge in [-0.1, -0.05) is 13.0 Å². The zero-order valence-corrected chi connectivity index (χ0v) is 14.9. The molecule has 0 aliphatic heterocycles. The first-order valence-corrected chi connectivity index (χ1v) is 8.22. The molecule has 0 aromatic heterocycles. The molecule has 1 aromatic rings. The summed E-state index contributed by atoms with van der Waals surface area (Å²) in [7, 11) is 0. The van der Waals surface area contributed by atoms with Crippen LogP contribution in [0.25, 0.3) is 0 Å². The van der Waals surface area contributed by atoms with Crippen LogP contribution in [0.15, 0.2) is 36.4 Å². The van der Waals surface area contributed by atoms with E-state index in [2.05, 4.69) is 20.7 Å². The number of hydrogen-bond donors (Lipinski definition) is 3. The van der Waals surface area contributed by atoms with E-state index in [-0.39, 0.29) is 17.6 Å². The molecule has 0 unspecified atom stereocenters. The van der Waals surface area contributed by atoms with Crippen molar-refractivity contribution >= 4 is 46.5 Å².